The number of ether oxygens (including phenoxy) is 4. The molecule has 6 atom stereocenters. The van der Waals surface area contributed by atoms with E-state index >= 15 is 0 Å². The minimum atomic E-state index is -0.691. The summed E-state index contributed by atoms with van der Waals surface area (Å²) in [4.78, 5) is 100. The van der Waals surface area contributed by atoms with E-state index in [-0.39, 0.29) is 85.5 Å². The first-order chi connectivity index (χ1) is 42.1. The Morgan fingerprint density at radius 1 is 0.580 bits per heavy atom. The molecular weight excluding hydrogens is 1130 g/mol. The van der Waals surface area contributed by atoms with Crippen LogP contribution in [0.2, 0.25) is 0 Å². The molecule has 0 spiro atoms. The number of nitrogens with one attached hydrogen (secondary N) is 6. The summed E-state index contributed by atoms with van der Waals surface area (Å²) in [6.07, 6.45) is -1.38. The number of pyridine rings is 2. The Bertz CT molecular complexity index is 3250. The first-order valence-corrected chi connectivity index (χ1v) is 30.4. The van der Waals surface area contributed by atoms with Gasteiger partial charge in [0.1, 0.15) is 35.3 Å². The Kier molecular flexibility index (Phi) is 18.6. The summed E-state index contributed by atoms with van der Waals surface area (Å²) in [6.45, 7) is 20.2. The van der Waals surface area contributed by atoms with Crippen molar-refractivity contribution in [3.63, 3.8) is 0 Å². The molecule has 2 aromatic heterocycles. The zero-order valence-corrected chi connectivity index (χ0v) is 50.8. The Hall–Kier alpha value is -7.42. The molecule has 470 valence electrons. The van der Waals surface area contributed by atoms with Crippen LogP contribution in [0.3, 0.4) is 0 Å². The number of rotatable bonds is 18. The summed E-state index contributed by atoms with van der Waals surface area (Å²) in [5, 5.41) is 13.2. The van der Waals surface area contributed by atoms with Gasteiger partial charge in [0.05, 0.1) is 37.7 Å². The highest BCUT2D eigenvalue weighted by Gasteiger charge is 2.44. The number of aromatic amines is 2. The lowest BCUT2D eigenvalue weighted by molar-refractivity contribution is -0.139. The predicted octanol–water partition coefficient (Wildman–Crippen LogP) is 3.53. The van der Waals surface area contributed by atoms with Gasteiger partial charge in [0.2, 0.25) is 11.8 Å². The number of piperazine rings is 2. The topological polar surface area (TPSA) is 238 Å². The number of amides is 4. The Morgan fingerprint density at radius 3 is 1.35 bits per heavy atom. The molecule has 24 heteroatoms. The van der Waals surface area contributed by atoms with Crippen LogP contribution in [0.15, 0.2) is 94.5 Å². The monoisotopic (exact) mass is 1210 g/mol. The molecular formula is C64H80F2N12O10. The van der Waals surface area contributed by atoms with E-state index in [4.69, 9.17) is 18.9 Å². The molecule has 4 saturated heterocycles. The molecule has 22 nitrogen and oxygen atoms in total. The van der Waals surface area contributed by atoms with E-state index in [1.807, 2.05) is 52.0 Å². The molecule has 0 aliphatic carbocycles. The Labute approximate surface area is 510 Å². The number of hydrogen-bond acceptors (Lipinski definition) is 16. The number of nitrogens with zero attached hydrogens (tertiary/aromatic N) is 6. The molecule has 6 N–H and O–H groups in total. The van der Waals surface area contributed by atoms with Gasteiger partial charge in [-0.1, -0.05) is 52.0 Å². The summed E-state index contributed by atoms with van der Waals surface area (Å²) in [5.74, 6) is -0.926. The smallest absolute Gasteiger partial charge is 0.291 e. The third kappa shape index (κ3) is 14.5. The fraction of sp³-hybridized carbons (Fsp3) is 0.500. The first kappa shape index (κ1) is 62.2. The van der Waals surface area contributed by atoms with Crippen molar-refractivity contribution in [1.82, 2.24) is 50.8 Å². The van der Waals surface area contributed by atoms with Gasteiger partial charge in [0.15, 0.2) is 11.5 Å². The summed E-state index contributed by atoms with van der Waals surface area (Å²) in [5.41, 5.74) is 2.26. The molecule has 6 aliphatic rings. The van der Waals surface area contributed by atoms with Crippen molar-refractivity contribution >= 4 is 35.0 Å². The highest BCUT2D eigenvalue weighted by Crippen LogP contribution is 2.42. The standard InChI is InChI=1S/C64H80F2N12O10/c1-39-29-75(35-55(79)77-37-63(3,4)57-49(77)23-51(61(83)71-57)87-47-15-11-43(65)12-16-47)45(27-67-39)31-73-19-21-85-53(33-73)59(81)69-25-41-7-9-42(10-8-41)26-70-60(82)54-34-74(20-22-86-54)32-46-28-68-40(2)30-76(46)36-56(80)78-38-64(5,6)58-50(78)24-52(62(84)72-58)88-48-17-13-44(66)14-18-48/h7-18,23-24,39-40,45-46,53-54,67-68H,19-22,25-38H2,1-6H3,(H,69,81)(H,70,82)(H,71,83)(H,72,84)/t39-,40-,45-,46-,53+,54+/m1/s1. The molecule has 11 rings (SSSR count). The number of H-pyrrole nitrogens is 2. The molecule has 0 unspecified atom stereocenters. The molecule has 4 fully saturated rings. The maximum absolute atomic E-state index is 14.3. The van der Waals surface area contributed by atoms with Crippen molar-refractivity contribution in [2.24, 2.45) is 0 Å². The minimum absolute atomic E-state index is 0.00583. The van der Waals surface area contributed by atoms with Crippen molar-refractivity contribution in [2.75, 3.05) is 115 Å². The van der Waals surface area contributed by atoms with Crippen LogP contribution in [0.25, 0.3) is 0 Å². The zero-order chi connectivity index (χ0) is 62.0. The minimum Gasteiger partial charge on any atom is -0.451 e. The summed E-state index contributed by atoms with van der Waals surface area (Å²) in [6, 6.07) is 21.8. The largest absolute Gasteiger partial charge is 0.451 e. The van der Waals surface area contributed by atoms with Crippen molar-refractivity contribution in [2.45, 2.75) is 102 Å². The average molecular weight is 1220 g/mol. The number of benzene rings is 3. The maximum atomic E-state index is 14.3. The van der Waals surface area contributed by atoms with E-state index in [9.17, 15) is 37.5 Å². The lowest BCUT2D eigenvalue weighted by Gasteiger charge is -2.43. The van der Waals surface area contributed by atoms with Gasteiger partial charge in [-0.05, 0) is 73.5 Å². The third-order valence-electron chi connectivity index (χ3n) is 17.6. The number of anilines is 2. The number of fused-ring (bicyclic) bond motifs is 2. The van der Waals surface area contributed by atoms with Crippen molar-refractivity contribution in [1.29, 1.82) is 0 Å². The van der Waals surface area contributed by atoms with Gasteiger partial charge in [-0.3, -0.25) is 48.4 Å². The van der Waals surface area contributed by atoms with E-state index in [1.165, 1.54) is 48.5 Å². The predicted molar refractivity (Wildman–Crippen MR) is 326 cm³/mol. The summed E-state index contributed by atoms with van der Waals surface area (Å²) >= 11 is 0. The third-order valence-corrected chi connectivity index (χ3v) is 17.6. The number of carbonyl (C=O) groups is 4. The van der Waals surface area contributed by atoms with E-state index in [0.717, 1.165) is 11.1 Å². The van der Waals surface area contributed by atoms with Crippen LogP contribution in [0.5, 0.6) is 23.0 Å². The van der Waals surface area contributed by atoms with E-state index in [0.29, 0.717) is 126 Å². The number of carbonyl (C=O) groups excluding carboxylic acids is 4. The van der Waals surface area contributed by atoms with Gasteiger partial charge in [-0.15, -0.1) is 0 Å². The Morgan fingerprint density at radius 2 is 0.966 bits per heavy atom. The fourth-order valence-corrected chi connectivity index (χ4v) is 12.8. The molecule has 3 aromatic carbocycles. The Balaban J connectivity index is 0.629. The van der Waals surface area contributed by atoms with Crippen LogP contribution in [-0.4, -0.2) is 194 Å². The summed E-state index contributed by atoms with van der Waals surface area (Å²) in [7, 11) is 0. The molecule has 0 radical (unpaired) electrons. The number of hydrogen-bond donors (Lipinski definition) is 6. The number of halogens is 2. The molecule has 88 heavy (non-hydrogen) atoms. The van der Waals surface area contributed by atoms with Crippen LogP contribution in [0, 0.1) is 11.6 Å². The van der Waals surface area contributed by atoms with Crippen molar-refractivity contribution < 1.29 is 46.9 Å². The lowest BCUT2D eigenvalue weighted by atomic mass is 9.91. The fourth-order valence-electron chi connectivity index (χ4n) is 12.8. The summed E-state index contributed by atoms with van der Waals surface area (Å²) < 4.78 is 50.9. The highest BCUT2D eigenvalue weighted by atomic mass is 19.1. The normalized spacial score (nSPS) is 23.9. The maximum Gasteiger partial charge on any atom is 0.291 e. The second-order valence-electron chi connectivity index (χ2n) is 25.6. The second kappa shape index (κ2) is 26.3. The molecule has 0 saturated carbocycles. The van der Waals surface area contributed by atoms with Gasteiger partial charge < -0.3 is 60.0 Å². The van der Waals surface area contributed by atoms with E-state index in [1.54, 1.807) is 21.9 Å². The van der Waals surface area contributed by atoms with Crippen molar-refractivity contribution in [3.05, 3.63) is 140 Å². The van der Waals surface area contributed by atoms with Gasteiger partial charge in [0, 0.05) is 150 Å². The molecule has 8 heterocycles. The van der Waals surface area contributed by atoms with Crippen LogP contribution >= 0.6 is 0 Å². The van der Waals surface area contributed by atoms with Crippen LogP contribution < -0.4 is 51.7 Å². The van der Waals surface area contributed by atoms with Gasteiger partial charge in [-0.25, -0.2) is 8.78 Å². The van der Waals surface area contributed by atoms with Crippen molar-refractivity contribution in [3.8, 4) is 23.0 Å². The number of morpholine rings is 2. The lowest BCUT2D eigenvalue weighted by Crippen LogP contribution is -2.62. The first-order valence-electron chi connectivity index (χ1n) is 30.4. The SMILES string of the molecule is C[C@@H]1CN(CC(=O)N2CC(C)(C)c3[nH]c(=O)c(Oc4ccc(F)cc4)cc32)[C@@H](CN2CCO[C@H](C(=O)NCc3ccc(CNC(=O)[C@@H]4CN(C[C@H]5CN[C@H](C)CN5CC(=O)N5CC(C)(C)c6[nH]c(=O)c(Oc7ccc(F)cc7)cc65)CCO4)cc3)C2)CN1. The van der Waals surface area contributed by atoms with Crippen LogP contribution in [-0.2, 0) is 52.6 Å². The van der Waals surface area contributed by atoms with E-state index in [2.05, 4.69) is 64.7 Å². The second-order valence-corrected chi connectivity index (χ2v) is 25.6. The average Bonchev–Trinajstić information content (AvgIpc) is 2.75. The van der Waals surface area contributed by atoms with Gasteiger partial charge >= 0.3 is 0 Å². The quantitative estimate of drug-likeness (QED) is 0.0736. The molecule has 0 bridgehead atoms. The van der Waals surface area contributed by atoms with Gasteiger partial charge in [0.25, 0.3) is 22.9 Å². The zero-order valence-electron chi connectivity index (χ0n) is 50.8. The van der Waals surface area contributed by atoms with Crippen LogP contribution in [0.1, 0.15) is 64.1 Å². The van der Waals surface area contributed by atoms with Crippen LogP contribution in [0.4, 0.5) is 20.2 Å². The van der Waals surface area contributed by atoms with Gasteiger partial charge in [-0.2, -0.15) is 0 Å². The molecule has 4 amide bonds. The molecule has 5 aromatic rings. The number of aromatic nitrogens is 2. The molecule has 6 aliphatic heterocycles. The highest BCUT2D eigenvalue weighted by molar-refractivity contribution is 5.98. The van der Waals surface area contributed by atoms with E-state index < -0.39 is 45.8 Å².